The van der Waals surface area contributed by atoms with Crippen molar-refractivity contribution in [3.05, 3.63) is 59.4 Å². The maximum absolute atomic E-state index is 13.1. The number of hydrogen-bond donors (Lipinski definition) is 0. The third kappa shape index (κ3) is 3.48. The Bertz CT molecular complexity index is 600. The van der Waals surface area contributed by atoms with E-state index < -0.39 is 0 Å². The number of methoxy groups -OCH3 is 1. The van der Waals surface area contributed by atoms with Crippen molar-refractivity contribution in [3.63, 3.8) is 0 Å². The van der Waals surface area contributed by atoms with Crippen LogP contribution in [0.3, 0.4) is 0 Å². The van der Waals surface area contributed by atoms with Gasteiger partial charge in [0.15, 0.2) is 5.82 Å². The molecule has 0 unspecified atom stereocenters. The Morgan fingerprint density at radius 1 is 1.23 bits per heavy atom. The van der Waals surface area contributed by atoms with Crippen molar-refractivity contribution in [3.8, 4) is 0 Å². The summed E-state index contributed by atoms with van der Waals surface area (Å²) in [5.74, 6) is 0.512. The van der Waals surface area contributed by atoms with E-state index in [1.807, 2.05) is 24.5 Å². The third-order valence-corrected chi connectivity index (χ3v) is 4.04. The molecule has 1 aliphatic rings. The fourth-order valence-electron chi connectivity index (χ4n) is 2.98. The first kappa shape index (κ1) is 15.1. The van der Waals surface area contributed by atoms with Crippen LogP contribution in [-0.4, -0.2) is 28.5 Å². The van der Waals surface area contributed by atoms with E-state index in [-0.39, 0.29) is 5.82 Å². The van der Waals surface area contributed by atoms with Crippen molar-refractivity contribution in [2.45, 2.75) is 32.0 Å². The molecule has 22 heavy (non-hydrogen) atoms. The molecular weight excluding hydrogens is 281 g/mol. The lowest BCUT2D eigenvalue weighted by atomic mass is 10.0. The minimum Gasteiger partial charge on any atom is -0.377 e. The van der Waals surface area contributed by atoms with Gasteiger partial charge in [0.05, 0.1) is 0 Å². The number of halogens is 1. The number of nitrogens with zero attached hydrogens (tertiary/aromatic N) is 3. The first-order valence-electron chi connectivity index (χ1n) is 7.54. The van der Waals surface area contributed by atoms with E-state index in [1.54, 1.807) is 7.11 Å². The molecule has 1 aromatic heterocycles. The number of rotatable bonds is 5. The molecule has 2 aromatic rings. The summed E-state index contributed by atoms with van der Waals surface area (Å²) in [6.07, 6.45) is 5.99. The van der Waals surface area contributed by atoms with Crippen molar-refractivity contribution in [1.29, 1.82) is 0 Å². The fourth-order valence-corrected chi connectivity index (χ4v) is 2.98. The van der Waals surface area contributed by atoms with Crippen molar-refractivity contribution in [1.82, 2.24) is 14.9 Å². The minimum absolute atomic E-state index is 0.185. The highest BCUT2D eigenvalue weighted by Crippen LogP contribution is 2.32. The van der Waals surface area contributed by atoms with Crippen LogP contribution in [0.15, 0.2) is 36.7 Å². The molecule has 0 saturated carbocycles. The summed E-state index contributed by atoms with van der Waals surface area (Å²) in [7, 11) is 1.63. The highest BCUT2D eigenvalue weighted by atomic mass is 19.1. The van der Waals surface area contributed by atoms with Gasteiger partial charge in [0.2, 0.25) is 0 Å². The molecule has 0 bridgehead atoms. The summed E-state index contributed by atoms with van der Waals surface area (Å²) in [5.41, 5.74) is 2.27. The van der Waals surface area contributed by atoms with Gasteiger partial charge in [-0.15, -0.1) is 0 Å². The van der Waals surface area contributed by atoms with Crippen LogP contribution >= 0.6 is 0 Å². The van der Waals surface area contributed by atoms with Gasteiger partial charge in [-0.25, -0.2) is 14.4 Å². The van der Waals surface area contributed by atoms with Gasteiger partial charge in [0.25, 0.3) is 0 Å². The van der Waals surface area contributed by atoms with Crippen LogP contribution in [0.4, 0.5) is 4.39 Å². The van der Waals surface area contributed by atoms with Gasteiger partial charge in [-0.05, 0) is 37.1 Å². The normalized spacial score (nSPS) is 18.7. The smallest absolute Gasteiger partial charge is 0.153 e. The maximum atomic E-state index is 13.1. The Kier molecular flexibility index (Phi) is 4.75. The molecule has 4 nitrogen and oxygen atoms in total. The quantitative estimate of drug-likeness (QED) is 0.850. The first-order valence-corrected chi connectivity index (χ1v) is 7.54. The summed E-state index contributed by atoms with van der Waals surface area (Å²) in [5, 5.41) is 0. The molecular formula is C17H20FN3O. The molecule has 1 aliphatic heterocycles. The predicted molar refractivity (Wildman–Crippen MR) is 81.5 cm³/mol. The molecule has 0 N–H and O–H groups in total. The second-order valence-electron chi connectivity index (χ2n) is 5.62. The van der Waals surface area contributed by atoms with E-state index in [1.165, 1.54) is 17.7 Å². The second kappa shape index (κ2) is 6.94. The van der Waals surface area contributed by atoms with Crippen LogP contribution in [0.2, 0.25) is 0 Å². The Labute approximate surface area is 130 Å². The molecule has 1 aromatic carbocycles. The highest BCUT2D eigenvalue weighted by molar-refractivity contribution is 5.21. The van der Waals surface area contributed by atoms with Crippen molar-refractivity contribution in [2.24, 2.45) is 0 Å². The van der Waals surface area contributed by atoms with Gasteiger partial charge in [0, 0.05) is 37.7 Å². The maximum Gasteiger partial charge on any atom is 0.153 e. The summed E-state index contributed by atoms with van der Waals surface area (Å²) >= 11 is 0. The van der Waals surface area contributed by atoms with Gasteiger partial charge in [-0.3, -0.25) is 4.90 Å². The summed E-state index contributed by atoms with van der Waals surface area (Å²) in [4.78, 5) is 11.0. The van der Waals surface area contributed by atoms with Gasteiger partial charge in [0.1, 0.15) is 12.4 Å². The van der Waals surface area contributed by atoms with Gasteiger partial charge in [-0.2, -0.15) is 0 Å². The number of aromatic nitrogens is 2. The van der Waals surface area contributed by atoms with Gasteiger partial charge >= 0.3 is 0 Å². The lowest BCUT2D eigenvalue weighted by Gasteiger charge is -2.24. The van der Waals surface area contributed by atoms with Crippen LogP contribution in [0.1, 0.15) is 35.8 Å². The molecule has 0 aliphatic carbocycles. The highest BCUT2D eigenvalue weighted by Gasteiger charge is 2.26. The lowest BCUT2D eigenvalue weighted by molar-refractivity contribution is 0.177. The number of ether oxygens (including phenoxy) is 1. The topological polar surface area (TPSA) is 38.2 Å². The molecule has 3 rings (SSSR count). The molecule has 1 fully saturated rings. The van der Waals surface area contributed by atoms with Gasteiger partial charge in [-0.1, -0.05) is 12.1 Å². The van der Waals surface area contributed by atoms with E-state index in [0.29, 0.717) is 18.5 Å². The number of likely N-dealkylation sites (tertiary alicyclic amines) is 1. The largest absolute Gasteiger partial charge is 0.377 e. The number of benzene rings is 1. The van der Waals surface area contributed by atoms with Crippen LogP contribution in [0.5, 0.6) is 0 Å². The SMILES string of the molecule is COCc1ncc(CN2CCC[C@@H]2c2ccc(F)cc2)cn1. The average Bonchev–Trinajstić information content (AvgIpc) is 2.98. The fraction of sp³-hybridized carbons (Fsp3) is 0.412. The van der Waals surface area contributed by atoms with E-state index in [2.05, 4.69) is 14.9 Å². The molecule has 0 radical (unpaired) electrons. The Hall–Kier alpha value is -1.85. The monoisotopic (exact) mass is 301 g/mol. The molecule has 116 valence electrons. The standard InChI is InChI=1S/C17H20FN3O/c1-22-12-17-19-9-13(10-20-17)11-21-8-2-3-16(21)14-4-6-15(18)7-5-14/h4-7,9-10,16H,2-3,8,11-12H2,1H3/t16-/m1/s1. The van der Waals surface area contributed by atoms with Crippen molar-refractivity contribution >= 4 is 0 Å². The van der Waals surface area contributed by atoms with E-state index in [0.717, 1.165) is 31.5 Å². The van der Waals surface area contributed by atoms with Crippen LogP contribution in [0, 0.1) is 5.82 Å². The van der Waals surface area contributed by atoms with E-state index in [4.69, 9.17) is 4.74 Å². The third-order valence-electron chi connectivity index (χ3n) is 4.04. The van der Waals surface area contributed by atoms with Crippen LogP contribution < -0.4 is 0 Å². The van der Waals surface area contributed by atoms with Crippen LogP contribution in [-0.2, 0) is 17.9 Å². The zero-order chi connectivity index (χ0) is 15.4. The minimum atomic E-state index is -0.185. The van der Waals surface area contributed by atoms with Gasteiger partial charge < -0.3 is 4.74 Å². The second-order valence-corrected chi connectivity index (χ2v) is 5.62. The van der Waals surface area contributed by atoms with E-state index in [9.17, 15) is 4.39 Å². The van der Waals surface area contributed by atoms with Crippen molar-refractivity contribution in [2.75, 3.05) is 13.7 Å². The summed E-state index contributed by atoms with van der Waals surface area (Å²) < 4.78 is 18.1. The molecule has 5 heteroatoms. The number of hydrogen-bond acceptors (Lipinski definition) is 4. The zero-order valence-electron chi connectivity index (χ0n) is 12.7. The average molecular weight is 301 g/mol. The Morgan fingerprint density at radius 2 is 1.95 bits per heavy atom. The lowest BCUT2D eigenvalue weighted by Crippen LogP contribution is -2.23. The first-order chi connectivity index (χ1) is 10.8. The summed E-state index contributed by atoms with van der Waals surface area (Å²) in [6.45, 7) is 2.29. The molecule has 0 spiro atoms. The molecule has 0 amide bonds. The summed E-state index contributed by atoms with van der Waals surface area (Å²) in [6, 6.07) is 7.19. The Balaban J connectivity index is 1.69. The molecule has 1 atom stereocenters. The predicted octanol–water partition coefficient (Wildman–Crippen LogP) is 3.10. The Morgan fingerprint density at radius 3 is 2.64 bits per heavy atom. The van der Waals surface area contributed by atoms with Crippen LogP contribution in [0.25, 0.3) is 0 Å². The molecule has 2 heterocycles. The zero-order valence-corrected chi connectivity index (χ0v) is 12.7. The molecule has 1 saturated heterocycles. The van der Waals surface area contributed by atoms with E-state index >= 15 is 0 Å². The van der Waals surface area contributed by atoms with Crippen molar-refractivity contribution < 1.29 is 9.13 Å².